The summed E-state index contributed by atoms with van der Waals surface area (Å²) in [7, 11) is 0. The van der Waals surface area contributed by atoms with Crippen molar-refractivity contribution in [3.05, 3.63) is 143 Å². The maximum atomic E-state index is 13.9. The first kappa shape index (κ1) is 23.4. The Morgan fingerprint density at radius 3 is 1.56 bits per heavy atom. The van der Waals surface area contributed by atoms with Crippen molar-refractivity contribution in [3.8, 4) is 0 Å². The van der Waals surface area contributed by atoms with Crippen LogP contribution in [-0.4, -0.2) is 11.6 Å². The van der Waals surface area contributed by atoms with Crippen LogP contribution in [0.4, 0.5) is 0 Å². The van der Waals surface area contributed by atoms with E-state index in [0.717, 1.165) is 11.1 Å². The number of hydrogen-bond donors (Lipinski definition) is 0. The first-order valence-corrected chi connectivity index (χ1v) is 11.9. The highest BCUT2D eigenvalue weighted by Gasteiger charge is 2.33. The van der Waals surface area contributed by atoms with Crippen LogP contribution in [0, 0.1) is 0 Å². The zero-order chi connectivity index (χ0) is 23.9. The molecule has 2 atom stereocenters. The van der Waals surface area contributed by atoms with Gasteiger partial charge in [-0.1, -0.05) is 129 Å². The van der Waals surface area contributed by atoms with Gasteiger partial charge in [-0.25, -0.2) is 0 Å². The van der Waals surface area contributed by atoms with Crippen molar-refractivity contribution in [2.45, 2.75) is 38.0 Å². The van der Waals surface area contributed by atoms with E-state index in [1.165, 1.54) is 5.56 Å². The van der Waals surface area contributed by atoms with E-state index < -0.39 is 5.92 Å². The number of benzene rings is 4. The Kier molecular flexibility index (Phi) is 7.49. The van der Waals surface area contributed by atoms with Crippen molar-refractivity contribution in [1.29, 1.82) is 0 Å². The van der Waals surface area contributed by atoms with E-state index in [9.17, 15) is 9.59 Å². The number of carbonyl (C=O) groups is 2. The first-order valence-electron chi connectivity index (χ1n) is 11.9. The van der Waals surface area contributed by atoms with Gasteiger partial charge in [0.2, 0.25) is 0 Å². The number of carbonyl (C=O) groups excluding carboxylic acids is 2. The summed E-state index contributed by atoms with van der Waals surface area (Å²) in [5, 5.41) is 0. The van der Waals surface area contributed by atoms with Gasteiger partial charge in [-0.15, -0.1) is 0 Å². The summed E-state index contributed by atoms with van der Waals surface area (Å²) in [5.41, 5.74) is 4.50. The average molecular weight is 447 g/mol. The Morgan fingerprint density at radius 2 is 1.03 bits per heavy atom. The molecule has 4 rings (SSSR count). The van der Waals surface area contributed by atoms with E-state index in [2.05, 4.69) is 38.1 Å². The third-order valence-corrected chi connectivity index (χ3v) is 6.43. The maximum Gasteiger partial charge on any atom is 0.170 e. The lowest BCUT2D eigenvalue weighted by Crippen LogP contribution is -2.23. The van der Waals surface area contributed by atoms with E-state index in [0.29, 0.717) is 17.0 Å². The fraction of sp³-hybridized carbons (Fsp3) is 0.188. The molecule has 0 aliphatic rings. The SMILES string of the molecule is CC(C)c1ccc(C(CC(=O)c2ccccc2)C(C(=O)c2ccccc2)c2ccccc2)cc1. The standard InChI is InChI=1S/C32H30O2/c1-23(2)24-18-20-25(21-19-24)29(22-30(33)26-12-6-3-7-13-26)31(27-14-8-4-9-15-27)32(34)28-16-10-5-11-17-28/h3-21,23,29,31H,22H2,1-2H3. The summed E-state index contributed by atoms with van der Waals surface area (Å²) in [6, 6.07) is 37.0. The molecule has 2 heteroatoms. The molecule has 0 amide bonds. The summed E-state index contributed by atoms with van der Waals surface area (Å²) < 4.78 is 0. The number of ketones is 2. The molecule has 2 nitrogen and oxygen atoms in total. The topological polar surface area (TPSA) is 34.1 Å². The van der Waals surface area contributed by atoms with Crippen molar-refractivity contribution in [2.24, 2.45) is 0 Å². The number of Topliss-reactive ketones (excluding diaryl/α,β-unsaturated/α-hetero) is 2. The largest absolute Gasteiger partial charge is 0.294 e. The average Bonchev–Trinajstić information content (AvgIpc) is 2.90. The third-order valence-electron chi connectivity index (χ3n) is 6.43. The van der Waals surface area contributed by atoms with Gasteiger partial charge in [-0.3, -0.25) is 9.59 Å². The Balaban J connectivity index is 1.81. The summed E-state index contributed by atoms with van der Waals surface area (Å²) in [4.78, 5) is 27.3. The molecule has 34 heavy (non-hydrogen) atoms. The molecule has 0 aliphatic heterocycles. The minimum Gasteiger partial charge on any atom is -0.294 e. The van der Waals surface area contributed by atoms with E-state index >= 15 is 0 Å². The number of rotatable bonds is 9. The fourth-order valence-electron chi connectivity index (χ4n) is 4.51. The van der Waals surface area contributed by atoms with Crippen LogP contribution in [0.15, 0.2) is 115 Å². The van der Waals surface area contributed by atoms with Gasteiger partial charge in [0, 0.05) is 23.5 Å². The van der Waals surface area contributed by atoms with Crippen LogP contribution in [-0.2, 0) is 0 Å². The van der Waals surface area contributed by atoms with Crippen LogP contribution in [0.2, 0.25) is 0 Å². The lowest BCUT2D eigenvalue weighted by Gasteiger charge is -2.27. The molecule has 0 radical (unpaired) electrons. The first-order chi connectivity index (χ1) is 16.5. The zero-order valence-electron chi connectivity index (χ0n) is 19.7. The highest BCUT2D eigenvalue weighted by Crippen LogP contribution is 2.39. The quantitative estimate of drug-likeness (QED) is 0.245. The van der Waals surface area contributed by atoms with Crippen LogP contribution < -0.4 is 0 Å². The predicted molar refractivity (Wildman–Crippen MR) is 139 cm³/mol. The Hall–Kier alpha value is -3.78. The number of hydrogen-bond acceptors (Lipinski definition) is 2. The van der Waals surface area contributed by atoms with E-state index in [1.54, 1.807) is 0 Å². The monoisotopic (exact) mass is 446 g/mol. The smallest absolute Gasteiger partial charge is 0.170 e. The second kappa shape index (κ2) is 10.9. The summed E-state index contributed by atoms with van der Waals surface area (Å²) >= 11 is 0. The highest BCUT2D eigenvalue weighted by molar-refractivity contribution is 6.03. The van der Waals surface area contributed by atoms with Gasteiger partial charge in [0.15, 0.2) is 11.6 Å². The molecule has 0 saturated heterocycles. The van der Waals surface area contributed by atoms with Gasteiger partial charge in [0.05, 0.1) is 5.92 Å². The Bertz CT molecular complexity index is 1210. The van der Waals surface area contributed by atoms with Crippen molar-refractivity contribution < 1.29 is 9.59 Å². The molecule has 4 aromatic carbocycles. The molecular weight excluding hydrogens is 416 g/mol. The van der Waals surface area contributed by atoms with Crippen LogP contribution in [0.5, 0.6) is 0 Å². The molecule has 2 unspecified atom stereocenters. The van der Waals surface area contributed by atoms with Gasteiger partial charge in [-0.05, 0) is 22.6 Å². The predicted octanol–water partition coefficient (Wildman–Crippen LogP) is 7.83. The van der Waals surface area contributed by atoms with E-state index in [4.69, 9.17) is 0 Å². The summed E-state index contributed by atoms with van der Waals surface area (Å²) in [5.74, 6) is -0.273. The van der Waals surface area contributed by atoms with Crippen LogP contribution in [0.1, 0.15) is 75.4 Å². The van der Waals surface area contributed by atoms with Gasteiger partial charge in [0.25, 0.3) is 0 Å². The zero-order valence-corrected chi connectivity index (χ0v) is 19.7. The molecule has 170 valence electrons. The van der Waals surface area contributed by atoms with Crippen molar-refractivity contribution in [2.75, 3.05) is 0 Å². The Morgan fingerprint density at radius 1 is 0.559 bits per heavy atom. The molecule has 0 bridgehead atoms. The molecule has 0 N–H and O–H groups in total. The molecule has 0 aromatic heterocycles. The van der Waals surface area contributed by atoms with Crippen molar-refractivity contribution in [1.82, 2.24) is 0 Å². The minimum absolute atomic E-state index is 0.0330. The molecule has 0 spiro atoms. The molecule has 0 aliphatic carbocycles. The maximum absolute atomic E-state index is 13.9. The van der Waals surface area contributed by atoms with Gasteiger partial charge in [0.1, 0.15) is 0 Å². The normalized spacial score (nSPS) is 12.8. The lowest BCUT2D eigenvalue weighted by molar-refractivity contribution is 0.0921. The Labute approximate surface area is 202 Å². The second-order valence-electron chi connectivity index (χ2n) is 9.04. The highest BCUT2D eigenvalue weighted by atomic mass is 16.1. The molecule has 0 saturated carbocycles. The molecule has 0 fully saturated rings. The van der Waals surface area contributed by atoms with Gasteiger partial charge in [-0.2, -0.15) is 0 Å². The molecule has 0 heterocycles. The van der Waals surface area contributed by atoms with Crippen LogP contribution in [0.3, 0.4) is 0 Å². The summed E-state index contributed by atoms with van der Waals surface area (Å²) in [6.45, 7) is 4.33. The lowest BCUT2D eigenvalue weighted by atomic mass is 9.74. The van der Waals surface area contributed by atoms with Gasteiger partial charge < -0.3 is 0 Å². The van der Waals surface area contributed by atoms with Crippen molar-refractivity contribution in [3.63, 3.8) is 0 Å². The third kappa shape index (κ3) is 5.40. The molecular formula is C32H30O2. The molecule has 4 aromatic rings. The second-order valence-corrected chi connectivity index (χ2v) is 9.04. The van der Waals surface area contributed by atoms with Crippen molar-refractivity contribution >= 4 is 11.6 Å². The van der Waals surface area contributed by atoms with Gasteiger partial charge >= 0.3 is 0 Å². The van der Waals surface area contributed by atoms with E-state index in [-0.39, 0.29) is 23.9 Å². The minimum atomic E-state index is -0.471. The summed E-state index contributed by atoms with van der Waals surface area (Å²) in [6.07, 6.45) is 0.253. The van der Waals surface area contributed by atoms with E-state index in [1.807, 2.05) is 91.0 Å². The van der Waals surface area contributed by atoms with Crippen LogP contribution >= 0.6 is 0 Å². The van der Waals surface area contributed by atoms with Crippen LogP contribution in [0.25, 0.3) is 0 Å². The fourth-order valence-corrected chi connectivity index (χ4v) is 4.51.